The van der Waals surface area contributed by atoms with Crippen LogP contribution in [0.5, 0.6) is 5.75 Å². The highest BCUT2D eigenvalue weighted by Crippen LogP contribution is 2.53. The number of nitrogens with one attached hydrogen (secondary N) is 3. The van der Waals surface area contributed by atoms with Crippen LogP contribution in [0, 0.1) is 23.0 Å². The second kappa shape index (κ2) is 11.5. The Morgan fingerprint density at radius 2 is 2.19 bits per heavy atom. The van der Waals surface area contributed by atoms with Crippen LogP contribution in [0.25, 0.3) is 21.2 Å². The number of halogens is 4. The smallest absolute Gasteiger partial charge is 0.286 e. The molecule has 0 spiro atoms. The van der Waals surface area contributed by atoms with Crippen molar-refractivity contribution in [3.63, 3.8) is 0 Å². The number of benzene rings is 2. The van der Waals surface area contributed by atoms with Gasteiger partial charge in [0.15, 0.2) is 11.6 Å². The number of nitrogen functional groups attached to an aromatic ring is 1. The number of allylic oxidation sites excluding steroid dienone is 2. The van der Waals surface area contributed by atoms with E-state index in [1.165, 1.54) is 12.1 Å². The first kappa shape index (κ1) is 30.7. The van der Waals surface area contributed by atoms with E-state index >= 15 is 8.78 Å². The number of nitrogens with two attached hydrogens (primary N) is 1. The van der Waals surface area contributed by atoms with Crippen LogP contribution in [-0.2, 0) is 4.74 Å². The normalized spacial score (nSPS) is 26.6. The Bertz CT molecular complexity index is 1910. The van der Waals surface area contributed by atoms with E-state index in [-0.39, 0.29) is 61.3 Å². The van der Waals surface area contributed by atoms with Gasteiger partial charge in [-0.25, -0.2) is 13.2 Å². The van der Waals surface area contributed by atoms with Gasteiger partial charge in [-0.2, -0.15) is 5.26 Å². The van der Waals surface area contributed by atoms with E-state index in [9.17, 15) is 9.65 Å². The predicted octanol–water partition coefficient (Wildman–Crippen LogP) is 6.28. The first-order valence-electron chi connectivity index (χ1n) is 15.7. The molecule has 0 bridgehead atoms. The van der Waals surface area contributed by atoms with Gasteiger partial charge in [-0.15, -0.1) is 11.3 Å². The SMILES string of the molecule is CNC1CCC=C2C=C(OC[C@@]34CCCN3C[C@H](F)C4)Oc3c(F)c(-c4ccc(F)c5sc(N)c(C#N)c45)c(Cl)c4c3C(NCN4)N21. The van der Waals surface area contributed by atoms with E-state index in [2.05, 4.69) is 37.9 Å². The summed E-state index contributed by atoms with van der Waals surface area (Å²) in [6.45, 7) is 1.67. The van der Waals surface area contributed by atoms with Gasteiger partial charge in [0.25, 0.3) is 5.95 Å². The lowest BCUT2D eigenvalue weighted by atomic mass is 9.93. The highest BCUT2D eigenvalue weighted by Gasteiger charge is 2.50. The summed E-state index contributed by atoms with van der Waals surface area (Å²) in [4.78, 5) is 4.28. The lowest BCUT2D eigenvalue weighted by Crippen LogP contribution is -2.53. The first-order chi connectivity index (χ1) is 22.7. The minimum absolute atomic E-state index is 0.0516. The summed E-state index contributed by atoms with van der Waals surface area (Å²) in [5, 5.41) is 20.4. The number of fused-ring (bicyclic) bond motifs is 4. The van der Waals surface area contributed by atoms with Gasteiger partial charge in [-0.1, -0.05) is 23.7 Å². The molecule has 47 heavy (non-hydrogen) atoms. The van der Waals surface area contributed by atoms with Gasteiger partial charge < -0.3 is 30.7 Å². The zero-order chi connectivity index (χ0) is 32.6. The molecule has 6 heterocycles. The molecule has 1 aromatic heterocycles. The molecule has 9 nitrogen and oxygen atoms in total. The van der Waals surface area contributed by atoms with E-state index in [0.29, 0.717) is 30.9 Å². The van der Waals surface area contributed by atoms with E-state index in [0.717, 1.165) is 49.3 Å². The van der Waals surface area contributed by atoms with Crippen LogP contribution in [0.15, 0.2) is 35.9 Å². The van der Waals surface area contributed by atoms with Crippen molar-refractivity contribution in [3.05, 3.63) is 63.7 Å². The Balaban J connectivity index is 1.32. The average molecular weight is 684 g/mol. The van der Waals surface area contributed by atoms with Gasteiger partial charge in [0.1, 0.15) is 35.8 Å². The molecule has 8 rings (SSSR count). The van der Waals surface area contributed by atoms with Crippen molar-refractivity contribution in [2.75, 3.05) is 44.5 Å². The number of nitriles is 1. The van der Waals surface area contributed by atoms with Crippen LogP contribution in [0.2, 0.25) is 5.02 Å². The van der Waals surface area contributed by atoms with Crippen LogP contribution in [0.1, 0.15) is 49.4 Å². The number of nitrogens with zero attached hydrogens (tertiary/aromatic N) is 3. The average Bonchev–Trinajstić information content (AvgIpc) is 3.70. The number of alkyl halides is 1. The maximum Gasteiger partial charge on any atom is 0.286 e. The number of rotatable bonds is 5. The van der Waals surface area contributed by atoms with Crippen LogP contribution < -0.4 is 26.4 Å². The maximum absolute atomic E-state index is 17.3. The topological polar surface area (TPSA) is 111 Å². The second-order valence-corrected chi connectivity index (χ2v) is 14.1. The van der Waals surface area contributed by atoms with Crippen LogP contribution in [0.4, 0.5) is 23.9 Å². The predicted molar refractivity (Wildman–Crippen MR) is 175 cm³/mol. The minimum Gasteiger partial charge on any atom is -0.463 e. The monoisotopic (exact) mass is 683 g/mol. The molecule has 2 unspecified atom stereocenters. The summed E-state index contributed by atoms with van der Waals surface area (Å²) in [6.07, 6.45) is 5.98. The van der Waals surface area contributed by atoms with E-state index < -0.39 is 29.5 Å². The molecule has 0 saturated carbocycles. The quantitative estimate of drug-likeness (QED) is 0.247. The summed E-state index contributed by atoms with van der Waals surface area (Å²) in [5.74, 6) is -1.42. The maximum atomic E-state index is 17.3. The Hall–Kier alpha value is -3.67. The molecule has 5 N–H and O–H groups in total. The fourth-order valence-corrected chi connectivity index (χ4v) is 9.38. The van der Waals surface area contributed by atoms with Gasteiger partial charge in [0.2, 0.25) is 0 Å². The summed E-state index contributed by atoms with van der Waals surface area (Å²) >= 11 is 8.02. The molecule has 3 aromatic rings. The Kier molecular flexibility index (Phi) is 7.49. The molecular formula is C33H33ClF3N7O2S. The second-order valence-electron chi connectivity index (χ2n) is 12.7. The van der Waals surface area contributed by atoms with Crippen molar-refractivity contribution in [3.8, 4) is 22.9 Å². The van der Waals surface area contributed by atoms with Crippen molar-refractivity contribution in [1.82, 2.24) is 20.4 Å². The van der Waals surface area contributed by atoms with E-state index in [4.69, 9.17) is 26.8 Å². The first-order valence-corrected chi connectivity index (χ1v) is 16.9. The van der Waals surface area contributed by atoms with Gasteiger partial charge >= 0.3 is 0 Å². The molecule has 2 fully saturated rings. The molecule has 14 heteroatoms. The summed E-state index contributed by atoms with van der Waals surface area (Å²) in [5.41, 5.74) is 7.58. The van der Waals surface area contributed by atoms with Crippen molar-refractivity contribution in [1.29, 1.82) is 5.26 Å². The third kappa shape index (κ3) is 4.68. The Morgan fingerprint density at radius 3 is 3.00 bits per heavy atom. The highest BCUT2D eigenvalue weighted by atomic mass is 35.5. The zero-order valence-electron chi connectivity index (χ0n) is 25.6. The van der Waals surface area contributed by atoms with E-state index in [1.807, 2.05) is 7.05 Å². The molecule has 0 amide bonds. The number of anilines is 2. The molecular weight excluding hydrogens is 651 g/mol. The van der Waals surface area contributed by atoms with Gasteiger partial charge in [0, 0.05) is 35.7 Å². The molecule has 2 saturated heterocycles. The Labute approximate surface area is 278 Å². The molecule has 0 radical (unpaired) electrons. The molecule has 2 aromatic carbocycles. The molecule has 0 aliphatic carbocycles. The fourth-order valence-electron chi connectivity index (χ4n) is 8.07. The van der Waals surface area contributed by atoms with Crippen molar-refractivity contribution in [2.24, 2.45) is 0 Å². The van der Waals surface area contributed by atoms with Gasteiger partial charge in [-0.05, 0) is 50.9 Å². The van der Waals surface area contributed by atoms with Crippen LogP contribution >= 0.6 is 22.9 Å². The van der Waals surface area contributed by atoms with Crippen molar-refractivity contribution in [2.45, 2.75) is 56.1 Å². The zero-order valence-corrected chi connectivity index (χ0v) is 27.1. The molecule has 246 valence electrons. The third-order valence-electron chi connectivity index (χ3n) is 10.2. The van der Waals surface area contributed by atoms with Gasteiger partial charge in [0.05, 0.1) is 44.9 Å². The van der Waals surface area contributed by atoms with Crippen molar-refractivity contribution < 1.29 is 22.6 Å². The minimum atomic E-state index is -0.933. The molecule has 4 atom stereocenters. The molecule has 5 aliphatic rings. The van der Waals surface area contributed by atoms with Crippen LogP contribution in [0.3, 0.4) is 0 Å². The lowest BCUT2D eigenvalue weighted by molar-refractivity contribution is 0.0232. The number of hydrogen-bond donors (Lipinski definition) is 4. The fraction of sp³-hybridized carbons (Fsp3) is 0.424. The molecule has 5 aliphatic heterocycles. The highest BCUT2D eigenvalue weighted by molar-refractivity contribution is 7.23. The van der Waals surface area contributed by atoms with Crippen molar-refractivity contribution >= 4 is 43.7 Å². The van der Waals surface area contributed by atoms with Gasteiger partial charge in [-0.3, -0.25) is 10.2 Å². The largest absolute Gasteiger partial charge is 0.463 e. The Morgan fingerprint density at radius 1 is 1.34 bits per heavy atom. The summed E-state index contributed by atoms with van der Waals surface area (Å²) in [6, 6.07) is 4.68. The standard InChI is InChI=1S/C33H33ClF3N7O2S/c1-40-21-5-2-4-17-10-22(45-14-33-8-3-9-43(33)13-16(35)11-33)46-29-25-28(41-15-42-32(25)44(17)21)26(34)24(27(29)37)18-6-7-20(36)30-23(18)19(12-38)31(39)47-30/h4,6-7,10,16,21,32,40-42H,2-3,5,8-9,11,13-15,39H2,1H3/t16-,21?,32?,33+/m1/s1. The number of hydrogen-bond acceptors (Lipinski definition) is 10. The van der Waals surface area contributed by atoms with E-state index in [1.54, 1.807) is 6.08 Å². The van der Waals surface area contributed by atoms with Crippen LogP contribution in [-0.4, -0.2) is 61.1 Å². The number of thiophene rings is 1. The summed E-state index contributed by atoms with van der Waals surface area (Å²) < 4.78 is 59.9. The lowest BCUT2D eigenvalue weighted by Gasteiger charge is -2.46. The number of ether oxygens (including phenoxy) is 2. The third-order valence-corrected chi connectivity index (χ3v) is 11.6. The summed E-state index contributed by atoms with van der Waals surface area (Å²) in [7, 11) is 1.88.